The summed E-state index contributed by atoms with van der Waals surface area (Å²) < 4.78 is 0. The molecular formula is C12H14N2O. The minimum absolute atomic E-state index is 0.327. The summed E-state index contributed by atoms with van der Waals surface area (Å²) in [4.78, 5) is 0. The predicted octanol–water partition coefficient (Wildman–Crippen LogP) is 2.47. The maximum atomic E-state index is 9.47. The average Bonchev–Trinajstić information content (AvgIpc) is 2.56. The fourth-order valence-electron chi connectivity index (χ4n) is 2.73. The van der Waals surface area contributed by atoms with Crippen molar-refractivity contribution in [3.8, 4) is 5.75 Å². The number of phenolic OH excluding ortho intramolecular Hbond substituents is 1. The van der Waals surface area contributed by atoms with Gasteiger partial charge < -0.3 is 15.8 Å². The summed E-state index contributed by atoms with van der Waals surface area (Å²) in [5.41, 5.74) is 3.16. The summed E-state index contributed by atoms with van der Waals surface area (Å²) in [6.45, 7) is 0. The molecule has 0 spiro atoms. The lowest BCUT2D eigenvalue weighted by molar-refractivity contribution is 0.473. The van der Waals surface area contributed by atoms with Crippen LogP contribution in [-0.2, 0) is 0 Å². The van der Waals surface area contributed by atoms with Crippen LogP contribution < -0.4 is 5.32 Å². The Hall–Kier alpha value is -1.51. The Kier molecular flexibility index (Phi) is 1.75. The Morgan fingerprint density at radius 1 is 1.40 bits per heavy atom. The molecule has 3 N–H and O–H groups in total. The highest BCUT2D eigenvalue weighted by Gasteiger charge is 2.35. The van der Waals surface area contributed by atoms with Gasteiger partial charge in [-0.15, -0.1) is 0 Å². The molecule has 1 aliphatic heterocycles. The standard InChI is InChI=1S/C12H14N2O/c13-7-1-3-11-9(5-7)10-6-8(15)2-4-12(10)14-11/h2,4,6,9,11,13-15H,1,3,5H2. The van der Waals surface area contributed by atoms with E-state index in [-0.39, 0.29) is 0 Å². The summed E-state index contributed by atoms with van der Waals surface area (Å²) in [5, 5.41) is 20.7. The van der Waals surface area contributed by atoms with Gasteiger partial charge in [0.15, 0.2) is 0 Å². The normalized spacial score (nSPS) is 28.1. The van der Waals surface area contributed by atoms with E-state index in [0.717, 1.165) is 30.7 Å². The third-order valence-corrected chi connectivity index (χ3v) is 3.48. The lowest BCUT2D eigenvalue weighted by Crippen LogP contribution is -2.28. The van der Waals surface area contributed by atoms with Gasteiger partial charge in [-0.2, -0.15) is 0 Å². The lowest BCUT2D eigenvalue weighted by Gasteiger charge is -2.26. The molecular weight excluding hydrogens is 188 g/mol. The Bertz CT molecular complexity index is 428. The van der Waals surface area contributed by atoms with Gasteiger partial charge in [-0.05, 0) is 43.0 Å². The molecule has 3 nitrogen and oxygen atoms in total. The Morgan fingerprint density at radius 2 is 2.27 bits per heavy atom. The number of anilines is 1. The molecule has 15 heavy (non-hydrogen) atoms. The smallest absolute Gasteiger partial charge is 0.116 e. The van der Waals surface area contributed by atoms with Crippen LogP contribution in [0.1, 0.15) is 30.7 Å². The number of hydrogen-bond donors (Lipinski definition) is 3. The molecule has 78 valence electrons. The molecule has 2 atom stereocenters. The molecule has 0 aromatic heterocycles. The molecule has 3 heteroatoms. The van der Waals surface area contributed by atoms with Crippen molar-refractivity contribution in [3.05, 3.63) is 23.8 Å². The molecule has 2 aliphatic rings. The quantitative estimate of drug-likeness (QED) is 0.566. The number of phenols is 1. The fraction of sp³-hybridized carbons (Fsp3) is 0.417. The number of fused-ring (bicyclic) bond motifs is 3. The molecule has 3 rings (SSSR count). The van der Waals surface area contributed by atoms with Gasteiger partial charge in [0.2, 0.25) is 0 Å². The molecule has 1 saturated carbocycles. The van der Waals surface area contributed by atoms with Crippen molar-refractivity contribution in [2.24, 2.45) is 0 Å². The van der Waals surface area contributed by atoms with Gasteiger partial charge in [0.05, 0.1) is 0 Å². The van der Waals surface area contributed by atoms with E-state index < -0.39 is 0 Å². The van der Waals surface area contributed by atoms with Gasteiger partial charge in [-0.3, -0.25) is 0 Å². The molecule has 0 saturated heterocycles. The SMILES string of the molecule is N=C1CCC2Nc3ccc(O)cc3C2C1. The molecule has 1 heterocycles. The van der Waals surface area contributed by atoms with E-state index in [4.69, 9.17) is 5.41 Å². The highest BCUT2D eigenvalue weighted by Crippen LogP contribution is 2.43. The van der Waals surface area contributed by atoms with Crippen molar-refractivity contribution in [2.45, 2.75) is 31.2 Å². The largest absolute Gasteiger partial charge is 0.508 e. The average molecular weight is 202 g/mol. The molecule has 0 amide bonds. The summed E-state index contributed by atoms with van der Waals surface area (Å²) in [6.07, 6.45) is 2.79. The van der Waals surface area contributed by atoms with Gasteiger partial charge >= 0.3 is 0 Å². The Morgan fingerprint density at radius 3 is 3.13 bits per heavy atom. The molecule has 1 aromatic rings. The first-order chi connectivity index (χ1) is 7.24. The summed E-state index contributed by atoms with van der Waals surface area (Å²) in [5.74, 6) is 0.724. The van der Waals surface area contributed by atoms with E-state index in [9.17, 15) is 5.11 Å². The van der Waals surface area contributed by atoms with E-state index >= 15 is 0 Å². The van der Waals surface area contributed by atoms with Crippen LogP contribution in [0.4, 0.5) is 5.69 Å². The van der Waals surface area contributed by atoms with Crippen LogP contribution in [0.2, 0.25) is 0 Å². The van der Waals surface area contributed by atoms with E-state index in [2.05, 4.69) is 5.32 Å². The number of nitrogens with one attached hydrogen (secondary N) is 2. The molecule has 0 bridgehead atoms. The van der Waals surface area contributed by atoms with Crippen molar-refractivity contribution in [1.29, 1.82) is 5.41 Å². The van der Waals surface area contributed by atoms with E-state index in [1.54, 1.807) is 6.07 Å². The Labute approximate surface area is 88.6 Å². The maximum Gasteiger partial charge on any atom is 0.116 e. The number of benzene rings is 1. The molecule has 0 radical (unpaired) electrons. The van der Waals surface area contributed by atoms with Crippen molar-refractivity contribution in [3.63, 3.8) is 0 Å². The van der Waals surface area contributed by atoms with Crippen LogP contribution in [0, 0.1) is 5.41 Å². The minimum Gasteiger partial charge on any atom is -0.508 e. The topological polar surface area (TPSA) is 56.1 Å². The van der Waals surface area contributed by atoms with Gasteiger partial charge in [0.1, 0.15) is 5.75 Å². The fourth-order valence-corrected chi connectivity index (χ4v) is 2.73. The van der Waals surface area contributed by atoms with Crippen molar-refractivity contribution in [2.75, 3.05) is 5.32 Å². The van der Waals surface area contributed by atoms with E-state index in [0.29, 0.717) is 17.7 Å². The van der Waals surface area contributed by atoms with Crippen molar-refractivity contribution >= 4 is 11.4 Å². The Balaban J connectivity index is 2.02. The van der Waals surface area contributed by atoms with Gasteiger partial charge in [0.25, 0.3) is 0 Å². The summed E-state index contributed by atoms with van der Waals surface area (Å²) in [6, 6.07) is 5.96. The van der Waals surface area contributed by atoms with E-state index in [1.165, 1.54) is 5.56 Å². The second-order valence-electron chi connectivity index (χ2n) is 4.48. The summed E-state index contributed by atoms with van der Waals surface area (Å²) in [7, 11) is 0. The van der Waals surface area contributed by atoms with Gasteiger partial charge in [-0.25, -0.2) is 0 Å². The van der Waals surface area contributed by atoms with Gasteiger partial charge in [0, 0.05) is 23.4 Å². The van der Waals surface area contributed by atoms with Crippen LogP contribution in [-0.4, -0.2) is 16.9 Å². The monoisotopic (exact) mass is 202 g/mol. The molecule has 1 aliphatic carbocycles. The number of hydrogen-bond acceptors (Lipinski definition) is 3. The molecule has 2 unspecified atom stereocenters. The van der Waals surface area contributed by atoms with Crippen LogP contribution in [0.25, 0.3) is 0 Å². The lowest BCUT2D eigenvalue weighted by atomic mass is 9.81. The zero-order valence-electron chi connectivity index (χ0n) is 8.46. The first kappa shape index (κ1) is 8.77. The zero-order valence-corrected chi connectivity index (χ0v) is 8.46. The van der Waals surface area contributed by atoms with Crippen molar-refractivity contribution < 1.29 is 5.11 Å². The first-order valence-electron chi connectivity index (χ1n) is 5.40. The molecule has 1 aromatic carbocycles. The highest BCUT2D eigenvalue weighted by atomic mass is 16.3. The predicted molar refractivity (Wildman–Crippen MR) is 59.8 cm³/mol. The van der Waals surface area contributed by atoms with Gasteiger partial charge in [-0.1, -0.05) is 0 Å². The van der Waals surface area contributed by atoms with Crippen molar-refractivity contribution in [1.82, 2.24) is 0 Å². The van der Waals surface area contributed by atoms with Crippen LogP contribution >= 0.6 is 0 Å². The second kappa shape index (κ2) is 2.99. The third kappa shape index (κ3) is 1.30. The number of rotatable bonds is 0. The third-order valence-electron chi connectivity index (χ3n) is 3.48. The second-order valence-corrected chi connectivity index (χ2v) is 4.48. The number of aromatic hydroxyl groups is 1. The maximum absolute atomic E-state index is 9.47. The van der Waals surface area contributed by atoms with Crippen LogP contribution in [0.15, 0.2) is 18.2 Å². The minimum atomic E-state index is 0.327. The highest BCUT2D eigenvalue weighted by molar-refractivity contribution is 5.84. The van der Waals surface area contributed by atoms with E-state index in [1.807, 2.05) is 12.1 Å². The first-order valence-corrected chi connectivity index (χ1v) is 5.40. The van der Waals surface area contributed by atoms with Crippen LogP contribution in [0.5, 0.6) is 5.75 Å². The summed E-state index contributed by atoms with van der Waals surface area (Å²) >= 11 is 0. The van der Waals surface area contributed by atoms with Crippen LogP contribution in [0.3, 0.4) is 0 Å². The molecule has 1 fully saturated rings. The zero-order chi connectivity index (χ0) is 10.4.